The minimum atomic E-state index is -1.07. The number of amides is 1. The molecular weight excluding hydrogens is 358 g/mol. The number of hydrogen-bond acceptors (Lipinski definition) is 4. The van der Waals surface area contributed by atoms with E-state index in [4.69, 9.17) is 4.42 Å². The number of halogens is 2. The number of hydrogen-bond donors (Lipinski definition) is 1. The van der Waals surface area contributed by atoms with E-state index < -0.39 is 17.5 Å². The molecule has 2 aromatic heterocycles. The van der Waals surface area contributed by atoms with Crippen molar-refractivity contribution in [2.45, 2.75) is 6.92 Å². The number of oxazole rings is 1. The highest BCUT2D eigenvalue weighted by Crippen LogP contribution is 2.33. The highest BCUT2D eigenvalue weighted by molar-refractivity contribution is 7.12. The number of anilines is 1. The summed E-state index contributed by atoms with van der Waals surface area (Å²) in [6.45, 7) is 1.91. The molecule has 2 aromatic carbocycles. The fourth-order valence-electron chi connectivity index (χ4n) is 2.57. The first kappa shape index (κ1) is 16.4. The lowest BCUT2D eigenvalue weighted by molar-refractivity contribution is 0.103. The van der Waals surface area contributed by atoms with Gasteiger partial charge >= 0.3 is 0 Å². The summed E-state index contributed by atoms with van der Waals surface area (Å²) in [6.07, 6.45) is 0. The molecule has 1 N–H and O–H groups in total. The van der Waals surface area contributed by atoms with E-state index in [9.17, 15) is 13.6 Å². The fraction of sp³-hybridized carbons (Fsp3) is 0.0526. The number of rotatable bonds is 3. The van der Waals surface area contributed by atoms with Crippen molar-refractivity contribution >= 4 is 34.0 Å². The molecule has 0 fully saturated rings. The molecule has 0 aliphatic carbocycles. The number of aryl methyl sites for hydroxylation is 1. The van der Waals surface area contributed by atoms with Crippen LogP contribution in [0.1, 0.15) is 15.2 Å². The Hall–Kier alpha value is -3.06. The van der Waals surface area contributed by atoms with Crippen LogP contribution in [0.4, 0.5) is 14.5 Å². The normalized spacial score (nSPS) is 11.0. The zero-order valence-corrected chi connectivity index (χ0v) is 14.4. The third-order valence-electron chi connectivity index (χ3n) is 3.83. The van der Waals surface area contributed by atoms with Crippen molar-refractivity contribution in [3.8, 4) is 11.5 Å². The Morgan fingerprint density at radius 2 is 1.96 bits per heavy atom. The molecule has 0 saturated heterocycles. The van der Waals surface area contributed by atoms with Crippen molar-refractivity contribution in [1.82, 2.24) is 4.98 Å². The topological polar surface area (TPSA) is 55.1 Å². The molecule has 4 nitrogen and oxygen atoms in total. The third kappa shape index (κ3) is 2.97. The van der Waals surface area contributed by atoms with E-state index in [0.717, 1.165) is 17.7 Å². The van der Waals surface area contributed by atoms with E-state index in [1.165, 1.54) is 11.3 Å². The van der Waals surface area contributed by atoms with E-state index in [-0.39, 0.29) is 17.1 Å². The molecule has 0 unspecified atom stereocenters. The molecule has 0 saturated carbocycles. The lowest BCUT2D eigenvalue weighted by atomic mass is 10.1. The fourth-order valence-corrected chi connectivity index (χ4v) is 3.18. The second-order valence-electron chi connectivity index (χ2n) is 5.73. The van der Waals surface area contributed by atoms with Gasteiger partial charge in [0.2, 0.25) is 5.89 Å². The smallest absolute Gasteiger partial charge is 0.265 e. The van der Waals surface area contributed by atoms with Crippen LogP contribution in [0.15, 0.2) is 52.3 Å². The molecule has 0 spiro atoms. The number of aromatic nitrogens is 1. The van der Waals surface area contributed by atoms with Gasteiger partial charge in [-0.05, 0) is 42.1 Å². The molecule has 7 heteroatoms. The average molecular weight is 370 g/mol. The lowest BCUT2D eigenvalue weighted by Gasteiger charge is -2.09. The second-order valence-corrected chi connectivity index (χ2v) is 6.68. The Morgan fingerprint density at radius 1 is 1.15 bits per heavy atom. The Balaban J connectivity index is 1.81. The summed E-state index contributed by atoms with van der Waals surface area (Å²) < 4.78 is 33.3. The minimum Gasteiger partial charge on any atom is -0.436 e. The molecule has 2 heterocycles. The van der Waals surface area contributed by atoms with Crippen LogP contribution in [0.5, 0.6) is 0 Å². The molecule has 26 heavy (non-hydrogen) atoms. The number of fused-ring (bicyclic) bond motifs is 1. The van der Waals surface area contributed by atoms with E-state index in [0.29, 0.717) is 16.0 Å². The van der Waals surface area contributed by atoms with Crippen LogP contribution in [-0.4, -0.2) is 10.9 Å². The van der Waals surface area contributed by atoms with Gasteiger partial charge in [-0.15, -0.1) is 11.3 Å². The van der Waals surface area contributed by atoms with Crippen molar-refractivity contribution in [2.24, 2.45) is 0 Å². The monoisotopic (exact) mass is 370 g/mol. The molecule has 130 valence electrons. The maximum absolute atomic E-state index is 13.8. The molecule has 0 aliphatic heterocycles. The van der Waals surface area contributed by atoms with Crippen molar-refractivity contribution in [2.75, 3.05) is 5.32 Å². The van der Waals surface area contributed by atoms with Crippen molar-refractivity contribution in [3.63, 3.8) is 0 Å². The van der Waals surface area contributed by atoms with Gasteiger partial charge in [-0.2, -0.15) is 0 Å². The van der Waals surface area contributed by atoms with Crippen LogP contribution in [-0.2, 0) is 0 Å². The molecule has 0 atom stereocenters. The second kappa shape index (κ2) is 6.34. The first-order valence-electron chi connectivity index (χ1n) is 7.73. The largest absolute Gasteiger partial charge is 0.436 e. The first-order chi connectivity index (χ1) is 12.5. The van der Waals surface area contributed by atoms with Crippen molar-refractivity contribution < 1.29 is 18.0 Å². The van der Waals surface area contributed by atoms with E-state index in [2.05, 4.69) is 10.3 Å². The Bertz CT molecular complexity index is 1120. The van der Waals surface area contributed by atoms with Gasteiger partial charge in [0.1, 0.15) is 5.52 Å². The maximum atomic E-state index is 13.8. The number of benzene rings is 2. The van der Waals surface area contributed by atoms with E-state index in [1.54, 1.807) is 29.6 Å². The number of carbonyl (C=O) groups is 1. The zero-order chi connectivity index (χ0) is 18.3. The molecule has 0 radical (unpaired) electrons. The molecule has 4 rings (SSSR count). The van der Waals surface area contributed by atoms with Gasteiger partial charge < -0.3 is 9.73 Å². The van der Waals surface area contributed by atoms with Gasteiger partial charge in [0, 0.05) is 6.07 Å². The number of thiophene rings is 1. The summed E-state index contributed by atoms with van der Waals surface area (Å²) in [5.74, 6) is -2.43. The standard InChI is InChI=1S/C19H12F2N2O2S/c1-10-4-5-14-16(7-10)25-19(23-14)11-8-12(20)13(21)9-15(11)22-18(24)17-3-2-6-26-17/h2-9H,1H3,(H,22,24). The van der Waals surface area contributed by atoms with Crippen LogP contribution in [0.2, 0.25) is 0 Å². The Kier molecular flexibility index (Phi) is 4.00. The predicted octanol–water partition coefficient (Wildman–Crippen LogP) is 5.40. The van der Waals surface area contributed by atoms with Gasteiger partial charge in [-0.3, -0.25) is 4.79 Å². The van der Waals surface area contributed by atoms with Crippen molar-refractivity contribution in [1.29, 1.82) is 0 Å². The molecule has 0 aliphatic rings. The molecular formula is C19H12F2N2O2S. The predicted molar refractivity (Wildman–Crippen MR) is 96.4 cm³/mol. The van der Waals surface area contributed by atoms with Gasteiger partial charge in [-0.25, -0.2) is 13.8 Å². The van der Waals surface area contributed by atoms with Gasteiger partial charge in [-0.1, -0.05) is 12.1 Å². The summed E-state index contributed by atoms with van der Waals surface area (Å²) in [7, 11) is 0. The molecule has 0 bridgehead atoms. The zero-order valence-electron chi connectivity index (χ0n) is 13.5. The SMILES string of the molecule is Cc1ccc2nc(-c3cc(F)c(F)cc3NC(=O)c3cccs3)oc2c1. The average Bonchev–Trinajstić information content (AvgIpc) is 3.26. The highest BCUT2D eigenvalue weighted by Gasteiger charge is 2.19. The third-order valence-corrected chi connectivity index (χ3v) is 4.70. The Labute approximate surface area is 151 Å². The van der Waals surface area contributed by atoms with Gasteiger partial charge in [0.05, 0.1) is 16.1 Å². The number of carbonyl (C=O) groups excluding carboxylic acids is 1. The minimum absolute atomic E-state index is 0.0885. The summed E-state index contributed by atoms with van der Waals surface area (Å²) in [5, 5.41) is 4.35. The van der Waals surface area contributed by atoms with Crippen molar-refractivity contribution in [3.05, 3.63) is 69.9 Å². The summed E-state index contributed by atoms with van der Waals surface area (Å²) in [5.41, 5.74) is 2.36. The summed E-state index contributed by atoms with van der Waals surface area (Å²) in [6, 6.07) is 10.7. The van der Waals surface area contributed by atoms with Crippen LogP contribution in [0.3, 0.4) is 0 Å². The molecule has 1 amide bonds. The molecule has 4 aromatic rings. The Morgan fingerprint density at radius 3 is 2.73 bits per heavy atom. The highest BCUT2D eigenvalue weighted by atomic mass is 32.1. The quantitative estimate of drug-likeness (QED) is 0.526. The van der Waals surface area contributed by atoms with Gasteiger partial charge in [0.15, 0.2) is 17.2 Å². The number of nitrogens with zero attached hydrogens (tertiary/aromatic N) is 1. The van der Waals surface area contributed by atoms with E-state index >= 15 is 0 Å². The van der Waals surface area contributed by atoms with E-state index in [1.807, 2.05) is 13.0 Å². The van der Waals surface area contributed by atoms with Gasteiger partial charge in [0.25, 0.3) is 5.91 Å². The van der Waals surface area contributed by atoms with Crippen LogP contribution in [0.25, 0.3) is 22.6 Å². The lowest BCUT2D eigenvalue weighted by Crippen LogP contribution is -2.11. The summed E-state index contributed by atoms with van der Waals surface area (Å²) in [4.78, 5) is 17.1. The van der Waals surface area contributed by atoms with Crippen LogP contribution < -0.4 is 5.32 Å². The number of nitrogens with one attached hydrogen (secondary N) is 1. The van der Waals surface area contributed by atoms with Crippen LogP contribution in [0, 0.1) is 18.6 Å². The first-order valence-corrected chi connectivity index (χ1v) is 8.61. The maximum Gasteiger partial charge on any atom is 0.265 e. The summed E-state index contributed by atoms with van der Waals surface area (Å²) >= 11 is 1.25. The van der Waals surface area contributed by atoms with Crippen LogP contribution >= 0.6 is 11.3 Å².